The molecule has 0 fully saturated rings. The maximum Gasteiger partial charge on any atom is 0.251 e. The SMILES string of the molecule is CC(C)C(C)(CN)NC(=O)c1ccc(Cl)c(Cl)c1. The van der Waals surface area contributed by atoms with E-state index in [0.717, 1.165) is 0 Å². The number of carbonyl (C=O) groups excluding carboxylic acids is 1. The van der Waals surface area contributed by atoms with Crippen molar-refractivity contribution in [1.29, 1.82) is 0 Å². The van der Waals surface area contributed by atoms with Crippen LogP contribution in [0.3, 0.4) is 0 Å². The summed E-state index contributed by atoms with van der Waals surface area (Å²) in [7, 11) is 0. The van der Waals surface area contributed by atoms with Gasteiger partial charge >= 0.3 is 0 Å². The highest BCUT2D eigenvalue weighted by molar-refractivity contribution is 6.42. The predicted molar refractivity (Wildman–Crippen MR) is 76.2 cm³/mol. The van der Waals surface area contributed by atoms with E-state index >= 15 is 0 Å². The number of carbonyl (C=O) groups is 1. The van der Waals surface area contributed by atoms with Crippen LogP contribution in [-0.2, 0) is 0 Å². The molecule has 0 bridgehead atoms. The van der Waals surface area contributed by atoms with Gasteiger partial charge in [0.25, 0.3) is 5.91 Å². The van der Waals surface area contributed by atoms with Crippen LogP contribution >= 0.6 is 23.2 Å². The smallest absolute Gasteiger partial charge is 0.251 e. The zero-order chi connectivity index (χ0) is 13.9. The second-order valence-electron chi connectivity index (χ2n) is 4.86. The fourth-order valence-electron chi connectivity index (χ4n) is 1.40. The van der Waals surface area contributed by atoms with Gasteiger partial charge in [-0.3, -0.25) is 4.79 Å². The number of rotatable bonds is 4. The second kappa shape index (κ2) is 5.91. The first-order valence-corrected chi connectivity index (χ1v) is 6.53. The van der Waals surface area contributed by atoms with Gasteiger partial charge < -0.3 is 11.1 Å². The lowest BCUT2D eigenvalue weighted by atomic mass is 9.88. The molecule has 3 nitrogen and oxygen atoms in total. The van der Waals surface area contributed by atoms with E-state index in [1.54, 1.807) is 18.2 Å². The number of nitrogens with two attached hydrogens (primary N) is 1. The Morgan fingerprint density at radius 1 is 1.39 bits per heavy atom. The second-order valence-corrected chi connectivity index (χ2v) is 5.67. The van der Waals surface area contributed by atoms with E-state index < -0.39 is 5.54 Å². The van der Waals surface area contributed by atoms with Gasteiger partial charge in [0, 0.05) is 12.1 Å². The third-order valence-corrected chi connectivity index (χ3v) is 4.02. The number of hydrogen-bond acceptors (Lipinski definition) is 2. The zero-order valence-electron chi connectivity index (χ0n) is 10.8. The average molecular weight is 289 g/mol. The molecule has 1 aromatic rings. The topological polar surface area (TPSA) is 55.1 Å². The number of amides is 1. The Labute approximate surface area is 118 Å². The lowest BCUT2D eigenvalue weighted by Crippen LogP contribution is -2.55. The van der Waals surface area contributed by atoms with Crippen molar-refractivity contribution < 1.29 is 4.79 Å². The maximum atomic E-state index is 12.1. The van der Waals surface area contributed by atoms with E-state index in [1.807, 2.05) is 20.8 Å². The summed E-state index contributed by atoms with van der Waals surface area (Å²) in [6.07, 6.45) is 0. The van der Waals surface area contributed by atoms with E-state index in [4.69, 9.17) is 28.9 Å². The molecule has 0 aliphatic carbocycles. The van der Waals surface area contributed by atoms with E-state index in [2.05, 4.69) is 5.32 Å². The summed E-state index contributed by atoms with van der Waals surface area (Å²) in [4.78, 5) is 12.1. The monoisotopic (exact) mass is 288 g/mol. The van der Waals surface area contributed by atoms with Gasteiger partial charge in [0.2, 0.25) is 0 Å². The lowest BCUT2D eigenvalue weighted by Gasteiger charge is -2.33. The Morgan fingerprint density at radius 2 is 2.00 bits per heavy atom. The number of hydrogen-bond donors (Lipinski definition) is 2. The van der Waals surface area contributed by atoms with Crippen molar-refractivity contribution in [2.45, 2.75) is 26.3 Å². The van der Waals surface area contributed by atoms with E-state index in [9.17, 15) is 4.79 Å². The normalized spacial score (nSPS) is 14.4. The summed E-state index contributed by atoms with van der Waals surface area (Å²) in [6, 6.07) is 4.80. The molecule has 5 heteroatoms. The van der Waals surface area contributed by atoms with Crippen molar-refractivity contribution in [3.05, 3.63) is 33.8 Å². The first-order valence-electron chi connectivity index (χ1n) is 5.78. The van der Waals surface area contributed by atoms with Gasteiger partial charge in [-0.05, 0) is 31.0 Å². The van der Waals surface area contributed by atoms with Crippen LogP contribution < -0.4 is 11.1 Å². The van der Waals surface area contributed by atoms with Crippen LogP contribution in [0, 0.1) is 5.92 Å². The summed E-state index contributed by atoms with van der Waals surface area (Å²) in [5.41, 5.74) is 5.76. The third kappa shape index (κ3) is 3.37. The Morgan fingerprint density at radius 3 is 2.44 bits per heavy atom. The van der Waals surface area contributed by atoms with Crippen LogP contribution in [0.1, 0.15) is 31.1 Å². The van der Waals surface area contributed by atoms with Crippen molar-refractivity contribution in [1.82, 2.24) is 5.32 Å². The summed E-state index contributed by atoms with van der Waals surface area (Å²) in [5.74, 6) is 0.0319. The molecule has 18 heavy (non-hydrogen) atoms. The number of benzene rings is 1. The van der Waals surface area contributed by atoms with Crippen LogP contribution in [0.25, 0.3) is 0 Å². The highest BCUT2D eigenvalue weighted by Gasteiger charge is 2.28. The Hall–Kier alpha value is -0.770. The van der Waals surface area contributed by atoms with Gasteiger partial charge in [0.05, 0.1) is 15.6 Å². The number of halogens is 2. The summed E-state index contributed by atoms with van der Waals surface area (Å²) < 4.78 is 0. The number of nitrogens with one attached hydrogen (secondary N) is 1. The first-order chi connectivity index (χ1) is 8.30. The van der Waals surface area contributed by atoms with Gasteiger partial charge in [0.15, 0.2) is 0 Å². The average Bonchev–Trinajstić information content (AvgIpc) is 2.32. The molecule has 1 rings (SSSR count). The first kappa shape index (κ1) is 15.3. The minimum Gasteiger partial charge on any atom is -0.345 e. The van der Waals surface area contributed by atoms with Gasteiger partial charge in [-0.1, -0.05) is 37.0 Å². The highest BCUT2D eigenvalue weighted by atomic mass is 35.5. The predicted octanol–water partition coefficient (Wildman–Crippen LogP) is 3.10. The molecule has 0 saturated carbocycles. The van der Waals surface area contributed by atoms with Crippen LogP contribution in [0.5, 0.6) is 0 Å². The molecule has 0 heterocycles. The Bertz CT molecular complexity index is 449. The largest absolute Gasteiger partial charge is 0.345 e. The van der Waals surface area contributed by atoms with Gasteiger partial charge in [-0.25, -0.2) is 0 Å². The molecule has 0 radical (unpaired) electrons. The molecule has 1 amide bonds. The van der Waals surface area contributed by atoms with Gasteiger partial charge in [-0.15, -0.1) is 0 Å². The van der Waals surface area contributed by atoms with E-state index in [-0.39, 0.29) is 11.8 Å². The molecule has 1 atom stereocenters. The minimum atomic E-state index is -0.441. The lowest BCUT2D eigenvalue weighted by molar-refractivity contribution is 0.0883. The molecular formula is C13H18Cl2N2O. The molecule has 100 valence electrons. The van der Waals surface area contributed by atoms with Crippen LogP contribution in [0.15, 0.2) is 18.2 Å². The standard InChI is InChI=1S/C13H18Cl2N2O/c1-8(2)13(3,7-16)17-12(18)9-4-5-10(14)11(15)6-9/h4-6,8H,7,16H2,1-3H3,(H,17,18). The van der Waals surface area contributed by atoms with Crippen molar-refractivity contribution in [2.75, 3.05) is 6.54 Å². The molecule has 1 unspecified atom stereocenters. The third-order valence-electron chi connectivity index (χ3n) is 3.28. The van der Waals surface area contributed by atoms with E-state index in [0.29, 0.717) is 22.2 Å². The van der Waals surface area contributed by atoms with Crippen LogP contribution in [-0.4, -0.2) is 18.0 Å². The highest BCUT2D eigenvalue weighted by Crippen LogP contribution is 2.23. The molecule has 3 N–H and O–H groups in total. The summed E-state index contributed by atoms with van der Waals surface area (Å²) in [5, 5.41) is 3.73. The Balaban J connectivity index is 2.91. The van der Waals surface area contributed by atoms with Crippen LogP contribution in [0.4, 0.5) is 0 Å². The van der Waals surface area contributed by atoms with Crippen molar-refractivity contribution in [2.24, 2.45) is 11.7 Å². The maximum absolute atomic E-state index is 12.1. The van der Waals surface area contributed by atoms with Gasteiger partial charge in [-0.2, -0.15) is 0 Å². The van der Waals surface area contributed by atoms with Crippen molar-refractivity contribution >= 4 is 29.1 Å². The molecule has 0 spiro atoms. The molecule has 0 aliphatic rings. The van der Waals surface area contributed by atoms with E-state index in [1.165, 1.54) is 0 Å². The fourth-order valence-corrected chi connectivity index (χ4v) is 1.70. The fraction of sp³-hybridized carbons (Fsp3) is 0.462. The molecule has 0 aromatic heterocycles. The minimum absolute atomic E-state index is 0.199. The zero-order valence-corrected chi connectivity index (χ0v) is 12.3. The Kier molecular flexibility index (Phi) is 5.02. The van der Waals surface area contributed by atoms with Crippen LogP contribution in [0.2, 0.25) is 10.0 Å². The molecule has 1 aromatic carbocycles. The molecule has 0 saturated heterocycles. The van der Waals surface area contributed by atoms with Crippen molar-refractivity contribution in [3.63, 3.8) is 0 Å². The van der Waals surface area contributed by atoms with Gasteiger partial charge in [0.1, 0.15) is 0 Å². The summed E-state index contributed by atoms with van der Waals surface area (Å²) >= 11 is 11.7. The summed E-state index contributed by atoms with van der Waals surface area (Å²) in [6.45, 7) is 6.33. The molecule has 0 aliphatic heterocycles. The quantitative estimate of drug-likeness (QED) is 0.895. The molecular weight excluding hydrogens is 271 g/mol. The van der Waals surface area contributed by atoms with Crippen molar-refractivity contribution in [3.8, 4) is 0 Å².